The lowest BCUT2D eigenvalue weighted by molar-refractivity contribution is 0.211. The lowest BCUT2D eigenvalue weighted by Gasteiger charge is -2.31. The molecular weight excluding hydrogens is 228 g/mol. The minimum Gasteiger partial charge on any atom is -0.330 e. The third kappa shape index (κ3) is 3.73. The lowest BCUT2D eigenvalue weighted by atomic mass is 9.90. The highest BCUT2D eigenvalue weighted by molar-refractivity contribution is 7.98. The van der Waals surface area contributed by atoms with E-state index in [9.17, 15) is 0 Å². The van der Waals surface area contributed by atoms with Gasteiger partial charge in [-0.25, -0.2) is 0 Å². The Balaban J connectivity index is 2.96. The van der Waals surface area contributed by atoms with Gasteiger partial charge in [0.1, 0.15) is 0 Å². The van der Waals surface area contributed by atoms with Crippen LogP contribution < -0.4 is 5.73 Å². The first kappa shape index (κ1) is 14.6. The van der Waals surface area contributed by atoms with Gasteiger partial charge in [-0.15, -0.1) is 11.8 Å². The second-order valence-corrected chi connectivity index (χ2v) is 5.47. The predicted molar refractivity (Wildman–Crippen MR) is 77.5 cm³/mol. The average molecular weight is 252 g/mol. The molecule has 2 atom stereocenters. The molecule has 0 aromatic heterocycles. The summed E-state index contributed by atoms with van der Waals surface area (Å²) >= 11 is 1.78. The Morgan fingerprint density at radius 1 is 1.24 bits per heavy atom. The molecule has 2 unspecified atom stereocenters. The molecule has 1 rings (SSSR count). The number of thioether (sulfide) groups is 1. The SMILES string of the molecule is CCC(CN)C(c1ccc(SC)cc1)N(C)C. The molecule has 0 saturated heterocycles. The van der Waals surface area contributed by atoms with Gasteiger partial charge in [0.05, 0.1) is 0 Å². The van der Waals surface area contributed by atoms with Crippen LogP contribution in [0.3, 0.4) is 0 Å². The zero-order valence-corrected chi connectivity index (χ0v) is 12.1. The number of nitrogens with two attached hydrogens (primary N) is 1. The van der Waals surface area contributed by atoms with Gasteiger partial charge in [-0.05, 0) is 50.5 Å². The molecule has 0 spiro atoms. The summed E-state index contributed by atoms with van der Waals surface area (Å²) in [7, 11) is 4.26. The fraction of sp³-hybridized carbons (Fsp3) is 0.571. The van der Waals surface area contributed by atoms with E-state index in [1.54, 1.807) is 11.8 Å². The Morgan fingerprint density at radius 3 is 2.18 bits per heavy atom. The molecule has 0 aliphatic heterocycles. The molecule has 0 amide bonds. The number of nitrogens with zero attached hydrogens (tertiary/aromatic N) is 1. The van der Waals surface area contributed by atoms with Crippen molar-refractivity contribution in [2.45, 2.75) is 24.3 Å². The number of hydrogen-bond donors (Lipinski definition) is 1. The van der Waals surface area contributed by atoms with Gasteiger partial charge in [0.15, 0.2) is 0 Å². The fourth-order valence-corrected chi connectivity index (χ4v) is 2.72. The molecule has 1 aromatic rings. The highest BCUT2D eigenvalue weighted by Crippen LogP contribution is 2.29. The van der Waals surface area contributed by atoms with Gasteiger partial charge in [0.25, 0.3) is 0 Å². The Hall–Kier alpha value is -0.510. The van der Waals surface area contributed by atoms with Gasteiger partial charge in [-0.1, -0.05) is 25.5 Å². The normalized spacial score (nSPS) is 14.9. The van der Waals surface area contributed by atoms with Crippen LogP contribution in [0.2, 0.25) is 0 Å². The molecule has 2 nitrogen and oxygen atoms in total. The Morgan fingerprint density at radius 2 is 1.82 bits per heavy atom. The van der Waals surface area contributed by atoms with Crippen molar-refractivity contribution in [2.24, 2.45) is 11.7 Å². The van der Waals surface area contributed by atoms with Crippen LogP contribution in [-0.2, 0) is 0 Å². The van der Waals surface area contributed by atoms with E-state index < -0.39 is 0 Å². The Labute approximate surface area is 110 Å². The van der Waals surface area contributed by atoms with Crippen molar-refractivity contribution >= 4 is 11.8 Å². The third-order valence-electron chi connectivity index (χ3n) is 3.29. The minimum absolute atomic E-state index is 0.418. The summed E-state index contributed by atoms with van der Waals surface area (Å²) in [6, 6.07) is 9.27. The molecule has 96 valence electrons. The van der Waals surface area contributed by atoms with E-state index in [2.05, 4.69) is 56.4 Å². The molecule has 17 heavy (non-hydrogen) atoms. The molecule has 0 saturated carbocycles. The van der Waals surface area contributed by atoms with Gasteiger partial charge in [0, 0.05) is 10.9 Å². The van der Waals surface area contributed by atoms with Gasteiger partial charge >= 0.3 is 0 Å². The molecule has 0 aliphatic rings. The van der Waals surface area contributed by atoms with Crippen LogP contribution >= 0.6 is 11.8 Å². The average Bonchev–Trinajstić information content (AvgIpc) is 2.35. The zero-order valence-electron chi connectivity index (χ0n) is 11.3. The molecule has 1 aromatic carbocycles. The Bertz CT molecular complexity index is 317. The standard InChI is InChI=1S/C14H24N2S/c1-5-11(10-15)14(16(2)3)12-6-8-13(17-4)9-7-12/h6-9,11,14H,5,10,15H2,1-4H3. The summed E-state index contributed by atoms with van der Waals surface area (Å²) in [5.41, 5.74) is 7.25. The minimum atomic E-state index is 0.418. The number of rotatable bonds is 6. The van der Waals surface area contributed by atoms with E-state index >= 15 is 0 Å². The van der Waals surface area contributed by atoms with E-state index in [0.29, 0.717) is 12.0 Å². The van der Waals surface area contributed by atoms with Gasteiger partial charge in [-0.2, -0.15) is 0 Å². The number of benzene rings is 1. The van der Waals surface area contributed by atoms with Gasteiger partial charge in [-0.3, -0.25) is 0 Å². The zero-order chi connectivity index (χ0) is 12.8. The molecule has 0 heterocycles. The van der Waals surface area contributed by atoms with Crippen LogP contribution in [0.15, 0.2) is 29.2 Å². The van der Waals surface area contributed by atoms with Crippen LogP contribution in [0.4, 0.5) is 0 Å². The van der Waals surface area contributed by atoms with Crippen molar-refractivity contribution in [1.82, 2.24) is 4.90 Å². The maximum atomic E-state index is 5.88. The molecule has 0 radical (unpaired) electrons. The van der Waals surface area contributed by atoms with Crippen LogP contribution in [0.25, 0.3) is 0 Å². The summed E-state index contributed by atoms with van der Waals surface area (Å²) in [4.78, 5) is 3.59. The van der Waals surface area contributed by atoms with Crippen LogP contribution in [0, 0.1) is 5.92 Å². The quantitative estimate of drug-likeness (QED) is 0.789. The Kier molecular flexibility index (Phi) is 6.03. The van der Waals surface area contributed by atoms with Gasteiger partial charge in [0.2, 0.25) is 0 Å². The number of hydrogen-bond acceptors (Lipinski definition) is 3. The van der Waals surface area contributed by atoms with Crippen LogP contribution in [0.1, 0.15) is 24.9 Å². The van der Waals surface area contributed by atoms with E-state index in [1.807, 2.05) is 0 Å². The summed E-state index contributed by atoms with van der Waals surface area (Å²) in [5, 5.41) is 0. The molecule has 0 bridgehead atoms. The topological polar surface area (TPSA) is 29.3 Å². The summed E-state index contributed by atoms with van der Waals surface area (Å²) in [5.74, 6) is 0.519. The van der Waals surface area contributed by atoms with Crippen LogP contribution in [0.5, 0.6) is 0 Å². The highest BCUT2D eigenvalue weighted by Gasteiger charge is 2.22. The molecular formula is C14H24N2S. The first-order valence-corrected chi connectivity index (χ1v) is 7.36. The van der Waals surface area contributed by atoms with Crippen molar-refractivity contribution in [2.75, 3.05) is 26.9 Å². The summed E-state index contributed by atoms with van der Waals surface area (Å²) in [6.07, 6.45) is 3.22. The van der Waals surface area contributed by atoms with Gasteiger partial charge < -0.3 is 10.6 Å². The lowest BCUT2D eigenvalue weighted by Crippen LogP contribution is -2.31. The first-order valence-electron chi connectivity index (χ1n) is 6.14. The van der Waals surface area contributed by atoms with Crippen LogP contribution in [-0.4, -0.2) is 31.8 Å². The maximum Gasteiger partial charge on any atom is 0.0382 e. The summed E-state index contributed by atoms with van der Waals surface area (Å²) in [6.45, 7) is 2.95. The van der Waals surface area contributed by atoms with Crippen molar-refractivity contribution in [3.8, 4) is 0 Å². The van der Waals surface area contributed by atoms with Crippen molar-refractivity contribution < 1.29 is 0 Å². The molecule has 0 aliphatic carbocycles. The third-order valence-corrected chi connectivity index (χ3v) is 4.03. The first-order chi connectivity index (χ1) is 8.13. The largest absolute Gasteiger partial charge is 0.330 e. The molecule has 2 N–H and O–H groups in total. The van der Waals surface area contributed by atoms with Crippen molar-refractivity contribution in [3.63, 3.8) is 0 Å². The fourth-order valence-electron chi connectivity index (χ4n) is 2.31. The second kappa shape index (κ2) is 7.04. The van der Waals surface area contributed by atoms with Crippen molar-refractivity contribution in [3.05, 3.63) is 29.8 Å². The smallest absolute Gasteiger partial charge is 0.0382 e. The van der Waals surface area contributed by atoms with E-state index in [1.165, 1.54) is 10.5 Å². The van der Waals surface area contributed by atoms with E-state index in [-0.39, 0.29) is 0 Å². The monoisotopic (exact) mass is 252 g/mol. The maximum absolute atomic E-state index is 5.88. The second-order valence-electron chi connectivity index (χ2n) is 4.59. The highest BCUT2D eigenvalue weighted by atomic mass is 32.2. The predicted octanol–water partition coefficient (Wildman–Crippen LogP) is 3.00. The van der Waals surface area contributed by atoms with E-state index in [0.717, 1.165) is 13.0 Å². The van der Waals surface area contributed by atoms with Crippen molar-refractivity contribution in [1.29, 1.82) is 0 Å². The van der Waals surface area contributed by atoms with E-state index in [4.69, 9.17) is 5.73 Å². The molecule has 3 heteroatoms. The molecule has 0 fully saturated rings. The summed E-state index contributed by atoms with van der Waals surface area (Å²) < 4.78 is 0.